The minimum absolute atomic E-state index is 0.0416. The van der Waals surface area contributed by atoms with Gasteiger partial charge >= 0.3 is 0 Å². The van der Waals surface area contributed by atoms with Gasteiger partial charge in [0.25, 0.3) is 0 Å². The second-order valence-corrected chi connectivity index (χ2v) is 7.28. The molecular weight excluding hydrogens is 224 g/mol. The molecular formula is C10H24N4OS. The van der Waals surface area contributed by atoms with Crippen molar-refractivity contribution < 1.29 is 4.21 Å². The van der Waals surface area contributed by atoms with E-state index in [1.54, 1.807) is 7.05 Å². The van der Waals surface area contributed by atoms with Crippen LogP contribution in [0.1, 0.15) is 33.6 Å². The molecule has 1 aliphatic rings. The maximum Gasteiger partial charge on any atom is 0.173 e. The van der Waals surface area contributed by atoms with E-state index in [2.05, 4.69) is 39.9 Å². The maximum absolute atomic E-state index is 11.7. The fourth-order valence-corrected chi connectivity index (χ4v) is 2.80. The van der Waals surface area contributed by atoms with E-state index in [4.69, 9.17) is 0 Å². The normalized spacial score (nSPS) is 30.4. The molecule has 6 heteroatoms. The van der Waals surface area contributed by atoms with Crippen LogP contribution in [0.15, 0.2) is 4.36 Å². The highest BCUT2D eigenvalue weighted by atomic mass is 32.2. The first-order chi connectivity index (χ1) is 7.35. The maximum atomic E-state index is 11.7. The average Bonchev–Trinajstić information content (AvgIpc) is 2.55. The molecule has 0 aliphatic carbocycles. The average molecular weight is 248 g/mol. The van der Waals surface area contributed by atoms with Crippen LogP contribution in [-0.2, 0) is 10.1 Å². The summed E-state index contributed by atoms with van der Waals surface area (Å²) in [5.41, 5.74) is 0.383. The van der Waals surface area contributed by atoms with Crippen LogP contribution in [0.4, 0.5) is 0 Å². The molecule has 0 aromatic carbocycles. The second kappa shape index (κ2) is 5.44. The molecule has 5 nitrogen and oxygen atoms in total. The van der Waals surface area contributed by atoms with Gasteiger partial charge in [-0.1, -0.05) is 20.8 Å². The van der Waals surface area contributed by atoms with Gasteiger partial charge in [0, 0.05) is 0 Å². The molecule has 3 N–H and O–H groups in total. The fraction of sp³-hybridized carbons (Fsp3) is 1.00. The molecule has 0 spiro atoms. The predicted octanol–water partition coefficient (Wildman–Crippen LogP) is 0.849. The van der Waals surface area contributed by atoms with Gasteiger partial charge in [0.2, 0.25) is 0 Å². The lowest BCUT2D eigenvalue weighted by molar-refractivity contribution is 0.354. The van der Waals surface area contributed by atoms with Crippen LogP contribution in [0.2, 0.25) is 0 Å². The molecule has 0 bridgehead atoms. The summed E-state index contributed by atoms with van der Waals surface area (Å²) < 4.78 is 21.4. The SMILES string of the molecule is CNS1(=O)=NCC(NCCCC(C)(C)C)N1. The van der Waals surface area contributed by atoms with E-state index in [0.717, 1.165) is 13.0 Å². The van der Waals surface area contributed by atoms with Gasteiger partial charge in [-0.15, -0.1) is 0 Å². The molecule has 96 valence electrons. The van der Waals surface area contributed by atoms with Crippen molar-refractivity contribution in [1.29, 1.82) is 0 Å². The summed E-state index contributed by atoms with van der Waals surface area (Å²) in [6.07, 6.45) is 2.35. The number of hydrogen-bond acceptors (Lipinski definition) is 3. The minimum atomic E-state index is -2.34. The van der Waals surface area contributed by atoms with E-state index in [9.17, 15) is 4.21 Å². The zero-order valence-corrected chi connectivity index (χ0v) is 11.5. The smallest absolute Gasteiger partial charge is 0.173 e. The van der Waals surface area contributed by atoms with Crippen molar-refractivity contribution >= 4 is 10.1 Å². The summed E-state index contributed by atoms with van der Waals surface area (Å²) >= 11 is 0. The lowest BCUT2D eigenvalue weighted by atomic mass is 9.91. The Morgan fingerprint density at radius 3 is 2.69 bits per heavy atom. The predicted molar refractivity (Wildman–Crippen MR) is 68.1 cm³/mol. The summed E-state index contributed by atoms with van der Waals surface area (Å²) in [5, 5.41) is 3.32. The van der Waals surface area contributed by atoms with Gasteiger partial charge in [-0.2, -0.15) is 0 Å². The van der Waals surface area contributed by atoms with E-state index in [-0.39, 0.29) is 6.17 Å². The van der Waals surface area contributed by atoms with Crippen LogP contribution < -0.4 is 14.8 Å². The lowest BCUT2D eigenvalue weighted by Crippen LogP contribution is -2.45. The molecule has 0 aromatic heterocycles. The first-order valence-electron chi connectivity index (χ1n) is 5.77. The van der Waals surface area contributed by atoms with Crippen molar-refractivity contribution in [3.63, 3.8) is 0 Å². The van der Waals surface area contributed by atoms with Crippen molar-refractivity contribution in [2.24, 2.45) is 9.78 Å². The third-order valence-electron chi connectivity index (χ3n) is 2.51. The molecule has 1 aliphatic heterocycles. The van der Waals surface area contributed by atoms with Crippen LogP contribution in [0.5, 0.6) is 0 Å². The van der Waals surface area contributed by atoms with E-state index in [1.165, 1.54) is 6.42 Å². The Hall–Kier alpha value is -0.170. The van der Waals surface area contributed by atoms with Crippen LogP contribution in [0, 0.1) is 5.41 Å². The molecule has 2 unspecified atom stereocenters. The van der Waals surface area contributed by atoms with Crippen molar-refractivity contribution in [3.05, 3.63) is 0 Å². The van der Waals surface area contributed by atoms with Gasteiger partial charge < -0.3 is 0 Å². The zero-order chi connectivity index (χ0) is 12.2. The molecule has 0 aromatic rings. The van der Waals surface area contributed by atoms with Crippen molar-refractivity contribution in [1.82, 2.24) is 14.8 Å². The van der Waals surface area contributed by atoms with Gasteiger partial charge in [0.05, 0.1) is 12.7 Å². The number of rotatable bonds is 5. The van der Waals surface area contributed by atoms with Crippen LogP contribution in [0.3, 0.4) is 0 Å². The highest BCUT2D eigenvalue weighted by molar-refractivity contribution is 7.90. The summed E-state index contributed by atoms with van der Waals surface area (Å²) in [7, 11) is -0.690. The van der Waals surface area contributed by atoms with Crippen molar-refractivity contribution in [3.8, 4) is 0 Å². The van der Waals surface area contributed by atoms with Crippen molar-refractivity contribution in [2.75, 3.05) is 20.1 Å². The minimum Gasteiger partial charge on any atom is -0.300 e. The summed E-state index contributed by atoms with van der Waals surface area (Å²) in [6.45, 7) is 8.22. The monoisotopic (exact) mass is 248 g/mol. The summed E-state index contributed by atoms with van der Waals surface area (Å²) in [4.78, 5) is 0. The van der Waals surface area contributed by atoms with E-state index < -0.39 is 10.1 Å². The van der Waals surface area contributed by atoms with Gasteiger partial charge in [-0.05, 0) is 31.8 Å². The first kappa shape index (κ1) is 13.9. The highest BCUT2D eigenvalue weighted by Gasteiger charge is 2.21. The largest absolute Gasteiger partial charge is 0.300 e. The van der Waals surface area contributed by atoms with E-state index in [1.807, 2.05) is 0 Å². The molecule has 0 saturated heterocycles. The Balaban J connectivity index is 2.16. The molecule has 0 saturated carbocycles. The number of nitrogens with zero attached hydrogens (tertiary/aromatic N) is 1. The Morgan fingerprint density at radius 2 is 2.19 bits per heavy atom. The first-order valence-corrected chi connectivity index (χ1v) is 7.28. The second-order valence-electron chi connectivity index (χ2n) is 5.33. The third kappa shape index (κ3) is 4.78. The fourth-order valence-electron chi connectivity index (χ4n) is 1.57. The zero-order valence-electron chi connectivity index (χ0n) is 10.7. The molecule has 0 radical (unpaired) electrons. The van der Waals surface area contributed by atoms with Gasteiger partial charge in [-0.3, -0.25) is 5.32 Å². The van der Waals surface area contributed by atoms with Crippen LogP contribution in [-0.4, -0.2) is 30.5 Å². The summed E-state index contributed by atoms with van der Waals surface area (Å²) in [6, 6.07) is 0. The van der Waals surface area contributed by atoms with Gasteiger partial charge in [0.1, 0.15) is 0 Å². The third-order valence-corrected chi connectivity index (χ3v) is 4.18. The van der Waals surface area contributed by atoms with E-state index in [0.29, 0.717) is 12.0 Å². The molecule has 0 fully saturated rings. The Morgan fingerprint density at radius 1 is 1.50 bits per heavy atom. The lowest BCUT2D eigenvalue weighted by Gasteiger charge is -2.19. The number of hydrogen-bond donors (Lipinski definition) is 3. The number of nitrogens with one attached hydrogen (secondary N) is 3. The highest BCUT2D eigenvalue weighted by Crippen LogP contribution is 2.19. The van der Waals surface area contributed by atoms with Gasteiger partial charge in [0.15, 0.2) is 10.1 Å². The van der Waals surface area contributed by atoms with Gasteiger partial charge in [-0.25, -0.2) is 18.0 Å². The molecule has 16 heavy (non-hydrogen) atoms. The molecule has 1 rings (SSSR count). The van der Waals surface area contributed by atoms with Crippen molar-refractivity contribution in [2.45, 2.75) is 39.8 Å². The Bertz CT molecular complexity index is 328. The Kier molecular flexibility index (Phi) is 4.73. The summed E-state index contributed by atoms with van der Waals surface area (Å²) in [5.74, 6) is 0. The van der Waals surface area contributed by atoms with E-state index >= 15 is 0 Å². The van der Waals surface area contributed by atoms with Crippen LogP contribution >= 0.6 is 0 Å². The molecule has 0 amide bonds. The molecule has 2 atom stereocenters. The topological polar surface area (TPSA) is 65.5 Å². The standard InChI is InChI=1S/C10H24N4OS/c1-10(2,3)6-5-7-12-9-8-13-16(15,11-4)14-9/h9,12H,5-8H2,1-4H3,(H2,11,13,14,15). The molecule has 1 heterocycles. The quantitative estimate of drug-likeness (QED) is 0.632. The Labute approximate surface area is 99.2 Å². The van der Waals surface area contributed by atoms with Crippen LogP contribution in [0.25, 0.3) is 0 Å².